The summed E-state index contributed by atoms with van der Waals surface area (Å²) in [6, 6.07) is 11.8. The van der Waals surface area contributed by atoms with Gasteiger partial charge in [0, 0.05) is 24.7 Å². The number of unbranched alkanes of at least 4 members (excludes halogenated alkanes) is 1. The summed E-state index contributed by atoms with van der Waals surface area (Å²) in [6.07, 6.45) is 5.15. The van der Waals surface area contributed by atoms with E-state index in [0.717, 1.165) is 26.1 Å². The Kier molecular flexibility index (Phi) is 6.42. The highest BCUT2D eigenvalue weighted by atomic mass is 16.1. The molecule has 0 fully saturated rings. The van der Waals surface area contributed by atoms with Gasteiger partial charge in [-0.25, -0.2) is 4.98 Å². The second-order valence-electron chi connectivity index (χ2n) is 8.38. The molecule has 4 rings (SSSR count). The van der Waals surface area contributed by atoms with Gasteiger partial charge in [-0.2, -0.15) is 0 Å². The molecule has 3 aromatic rings. The van der Waals surface area contributed by atoms with Crippen LogP contribution < -0.4 is 5.32 Å². The number of carbonyl (C=O) groups is 1. The number of carbonyl (C=O) groups excluding carboxylic acids is 1. The molecule has 1 N–H and O–H groups in total. The maximum absolute atomic E-state index is 12.9. The predicted octanol–water partition coefficient (Wildman–Crippen LogP) is 4.33. The smallest absolute Gasteiger partial charge is 0.256 e. The fourth-order valence-electron chi connectivity index (χ4n) is 3.95. The van der Waals surface area contributed by atoms with E-state index in [-0.39, 0.29) is 11.9 Å². The molecule has 0 radical (unpaired) electrons. The fourth-order valence-corrected chi connectivity index (χ4v) is 3.95. The molecule has 2 aromatic heterocycles. The van der Waals surface area contributed by atoms with Crippen molar-refractivity contribution in [1.82, 2.24) is 24.6 Å². The number of fused-ring (bicyclic) bond motifs is 1. The summed E-state index contributed by atoms with van der Waals surface area (Å²) >= 11 is 0. The number of pyridine rings is 1. The van der Waals surface area contributed by atoms with Crippen molar-refractivity contribution < 1.29 is 4.79 Å². The van der Waals surface area contributed by atoms with Crippen LogP contribution in [-0.2, 0) is 13.0 Å². The molecule has 1 aliphatic heterocycles. The monoisotopic (exact) mass is 418 g/mol. The van der Waals surface area contributed by atoms with Gasteiger partial charge in [0.2, 0.25) is 0 Å². The lowest BCUT2D eigenvalue weighted by atomic mass is 9.97. The Hall–Kier alpha value is -3.06. The van der Waals surface area contributed by atoms with Crippen LogP contribution in [0.4, 0.5) is 5.82 Å². The number of benzene rings is 1. The molecular weight excluding hydrogens is 388 g/mol. The maximum Gasteiger partial charge on any atom is 0.256 e. The van der Waals surface area contributed by atoms with E-state index in [2.05, 4.69) is 52.2 Å². The minimum absolute atomic E-state index is 0.150. The first-order chi connectivity index (χ1) is 15.0. The Morgan fingerprint density at radius 1 is 1.19 bits per heavy atom. The molecule has 0 saturated carbocycles. The summed E-state index contributed by atoms with van der Waals surface area (Å²) in [4.78, 5) is 20.0. The van der Waals surface area contributed by atoms with E-state index in [1.807, 2.05) is 28.8 Å². The van der Waals surface area contributed by atoms with Crippen LogP contribution >= 0.6 is 0 Å². The van der Waals surface area contributed by atoms with E-state index < -0.39 is 0 Å². The van der Waals surface area contributed by atoms with Crippen LogP contribution in [-0.4, -0.2) is 43.6 Å². The minimum Gasteiger partial charge on any atom is -0.310 e. The summed E-state index contributed by atoms with van der Waals surface area (Å²) < 4.78 is 1.96. The van der Waals surface area contributed by atoms with Crippen molar-refractivity contribution in [3.05, 3.63) is 59.4 Å². The Morgan fingerprint density at radius 2 is 2.06 bits per heavy atom. The SMILES string of the molecule is CCCCN1CCc2ccc(C(=O)Nc3cccc(-c4nncn4C(C)C)n3)cc2C1. The Bertz CT molecular complexity index is 1060. The molecule has 0 saturated heterocycles. The van der Waals surface area contributed by atoms with E-state index in [4.69, 9.17) is 0 Å². The first kappa shape index (κ1) is 21.2. The molecule has 162 valence electrons. The third-order valence-corrected chi connectivity index (χ3v) is 5.74. The number of hydrogen-bond acceptors (Lipinski definition) is 5. The van der Waals surface area contributed by atoms with E-state index in [0.29, 0.717) is 22.9 Å². The van der Waals surface area contributed by atoms with Crippen LogP contribution in [0, 0.1) is 0 Å². The van der Waals surface area contributed by atoms with Crippen molar-refractivity contribution in [2.45, 2.75) is 52.6 Å². The fraction of sp³-hybridized carbons (Fsp3) is 0.417. The molecule has 0 atom stereocenters. The lowest BCUT2D eigenvalue weighted by Crippen LogP contribution is -2.31. The normalized spacial score (nSPS) is 13.9. The lowest BCUT2D eigenvalue weighted by molar-refractivity contribution is 0.102. The maximum atomic E-state index is 12.9. The van der Waals surface area contributed by atoms with E-state index in [1.54, 1.807) is 12.4 Å². The third kappa shape index (κ3) is 4.82. The largest absolute Gasteiger partial charge is 0.310 e. The number of anilines is 1. The van der Waals surface area contributed by atoms with Gasteiger partial charge in [-0.1, -0.05) is 25.5 Å². The molecule has 1 aliphatic rings. The molecular formula is C24H30N6O. The second kappa shape index (κ2) is 9.39. The minimum atomic E-state index is -0.150. The van der Waals surface area contributed by atoms with E-state index in [9.17, 15) is 4.79 Å². The van der Waals surface area contributed by atoms with Gasteiger partial charge >= 0.3 is 0 Å². The summed E-state index contributed by atoms with van der Waals surface area (Å²) in [7, 11) is 0. The highest BCUT2D eigenvalue weighted by Gasteiger charge is 2.18. The summed E-state index contributed by atoms with van der Waals surface area (Å²) in [6.45, 7) is 9.47. The van der Waals surface area contributed by atoms with Gasteiger partial charge in [0.25, 0.3) is 5.91 Å². The Balaban J connectivity index is 1.50. The summed E-state index contributed by atoms with van der Waals surface area (Å²) in [5.74, 6) is 1.04. The highest BCUT2D eigenvalue weighted by Crippen LogP contribution is 2.23. The molecule has 1 aromatic carbocycles. The summed E-state index contributed by atoms with van der Waals surface area (Å²) in [5.41, 5.74) is 3.94. The van der Waals surface area contributed by atoms with Gasteiger partial charge in [-0.15, -0.1) is 10.2 Å². The Morgan fingerprint density at radius 3 is 2.87 bits per heavy atom. The van der Waals surface area contributed by atoms with Gasteiger partial charge in [-0.3, -0.25) is 9.69 Å². The highest BCUT2D eigenvalue weighted by molar-refractivity contribution is 6.04. The van der Waals surface area contributed by atoms with Crippen molar-refractivity contribution in [3.8, 4) is 11.5 Å². The predicted molar refractivity (Wildman–Crippen MR) is 122 cm³/mol. The zero-order valence-electron chi connectivity index (χ0n) is 18.5. The number of nitrogens with one attached hydrogen (secondary N) is 1. The van der Waals surface area contributed by atoms with Crippen LogP contribution in [0.25, 0.3) is 11.5 Å². The second-order valence-corrected chi connectivity index (χ2v) is 8.38. The number of aromatic nitrogens is 4. The molecule has 31 heavy (non-hydrogen) atoms. The number of nitrogens with zero attached hydrogens (tertiary/aromatic N) is 5. The molecule has 3 heterocycles. The van der Waals surface area contributed by atoms with Crippen LogP contribution in [0.3, 0.4) is 0 Å². The topological polar surface area (TPSA) is 75.9 Å². The van der Waals surface area contributed by atoms with Crippen molar-refractivity contribution in [2.24, 2.45) is 0 Å². The third-order valence-electron chi connectivity index (χ3n) is 5.74. The average Bonchev–Trinajstić information content (AvgIpc) is 3.28. The van der Waals surface area contributed by atoms with Crippen molar-refractivity contribution in [2.75, 3.05) is 18.4 Å². The van der Waals surface area contributed by atoms with Gasteiger partial charge in [0.1, 0.15) is 17.8 Å². The quantitative estimate of drug-likeness (QED) is 0.618. The molecule has 0 bridgehead atoms. The van der Waals surface area contributed by atoms with Crippen LogP contribution in [0.1, 0.15) is 61.1 Å². The Labute approximate surface area is 183 Å². The van der Waals surface area contributed by atoms with Crippen molar-refractivity contribution in [3.63, 3.8) is 0 Å². The first-order valence-electron chi connectivity index (χ1n) is 11.1. The van der Waals surface area contributed by atoms with Crippen molar-refractivity contribution in [1.29, 1.82) is 0 Å². The van der Waals surface area contributed by atoms with E-state index >= 15 is 0 Å². The lowest BCUT2D eigenvalue weighted by Gasteiger charge is -2.29. The summed E-state index contributed by atoms with van der Waals surface area (Å²) in [5, 5.41) is 11.1. The van der Waals surface area contributed by atoms with Crippen LogP contribution in [0.15, 0.2) is 42.7 Å². The van der Waals surface area contributed by atoms with Gasteiger partial charge in [0.15, 0.2) is 5.82 Å². The molecule has 1 amide bonds. The van der Waals surface area contributed by atoms with Crippen LogP contribution in [0.2, 0.25) is 0 Å². The molecule has 7 nitrogen and oxygen atoms in total. The zero-order chi connectivity index (χ0) is 21.8. The molecule has 7 heteroatoms. The number of rotatable bonds is 7. The zero-order valence-corrected chi connectivity index (χ0v) is 18.5. The molecule has 0 spiro atoms. The van der Waals surface area contributed by atoms with Gasteiger partial charge in [-0.05, 0) is 68.6 Å². The first-order valence-corrected chi connectivity index (χ1v) is 11.1. The van der Waals surface area contributed by atoms with Gasteiger partial charge < -0.3 is 9.88 Å². The average molecular weight is 419 g/mol. The van der Waals surface area contributed by atoms with E-state index in [1.165, 1.54) is 24.0 Å². The molecule has 0 unspecified atom stereocenters. The van der Waals surface area contributed by atoms with Crippen LogP contribution in [0.5, 0.6) is 0 Å². The number of hydrogen-bond donors (Lipinski definition) is 1. The van der Waals surface area contributed by atoms with Gasteiger partial charge in [0.05, 0.1) is 0 Å². The molecule has 0 aliphatic carbocycles. The standard InChI is InChI=1S/C24H30N6O/c1-4-5-12-29-13-11-18-9-10-19(14-20(18)15-29)24(31)27-22-8-6-7-21(26-22)23-28-25-16-30(23)17(2)3/h6-10,14,16-17H,4-5,11-13,15H2,1-3H3,(H,26,27,31). The number of amides is 1. The van der Waals surface area contributed by atoms with Crippen molar-refractivity contribution >= 4 is 11.7 Å².